The number of hydrogen-bond acceptors (Lipinski definition) is 5. The van der Waals surface area contributed by atoms with Crippen molar-refractivity contribution in [1.82, 2.24) is 9.97 Å². The summed E-state index contributed by atoms with van der Waals surface area (Å²) >= 11 is 0. The quantitative estimate of drug-likeness (QED) is 0.837. The molecule has 0 radical (unpaired) electrons. The van der Waals surface area contributed by atoms with E-state index >= 15 is 0 Å². The number of nitrogens with zero attached hydrogens (tertiary/aromatic N) is 2. The molecular weight excluding hydrogens is 266 g/mol. The third kappa shape index (κ3) is 4.30. The fraction of sp³-hybridized carbons (Fsp3) is 0.750. The van der Waals surface area contributed by atoms with Crippen LogP contribution in [-0.4, -0.2) is 36.3 Å². The zero-order chi connectivity index (χ0) is 15.2. The first-order chi connectivity index (χ1) is 10.1. The molecule has 1 aromatic heterocycles. The number of anilines is 1. The number of rotatable bonds is 7. The highest BCUT2D eigenvalue weighted by atomic mass is 16.5. The van der Waals surface area contributed by atoms with Crippen LogP contribution in [0.3, 0.4) is 0 Å². The molecule has 0 spiro atoms. The summed E-state index contributed by atoms with van der Waals surface area (Å²) in [5, 5.41) is 3.37. The molecule has 0 saturated carbocycles. The molecule has 1 aliphatic heterocycles. The van der Waals surface area contributed by atoms with Gasteiger partial charge in [0.2, 0.25) is 5.88 Å². The van der Waals surface area contributed by atoms with E-state index in [0.29, 0.717) is 18.4 Å². The topological polar surface area (TPSA) is 56.3 Å². The van der Waals surface area contributed by atoms with Gasteiger partial charge >= 0.3 is 0 Å². The molecule has 1 unspecified atom stereocenters. The first kappa shape index (κ1) is 16.0. The van der Waals surface area contributed by atoms with Gasteiger partial charge in [0, 0.05) is 25.0 Å². The minimum Gasteiger partial charge on any atom is -0.477 e. The van der Waals surface area contributed by atoms with Gasteiger partial charge in [0.05, 0.1) is 18.8 Å². The normalized spacial score (nSPS) is 18.2. The lowest BCUT2D eigenvalue weighted by atomic mass is 10.1. The average Bonchev–Trinajstić information content (AvgIpc) is 2.98. The van der Waals surface area contributed by atoms with Gasteiger partial charge in [-0.15, -0.1) is 0 Å². The second-order valence-corrected chi connectivity index (χ2v) is 5.98. The SMILES string of the molecule is CCCNc1nc(C(C)C)nc(OCC2CCOC2)c1C. The fourth-order valence-corrected chi connectivity index (χ4v) is 2.24. The Bertz CT molecular complexity index is 457. The summed E-state index contributed by atoms with van der Waals surface area (Å²) < 4.78 is 11.4. The molecule has 0 amide bonds. The van der Waals surface area contributed by atoms with Crippen molar-refractivity contribution in [3.05, 3.63) is 11.4 Å². The van der Waals surface area contributed by atoms with E-state index in [9.17, 15) is 0 Å². The molecule has 2 rings (SSSR count). The summed E-state index contributed by atoms with van der Waals surface area (Å²) in [6.45, 7) is 11.6. The van der Waals surface area contributed by atoms with Crippen LogP contribution in [0.4, 0.5) is 5.82 Å². The van der Waals surface area contributed by atoms with Crippen LogP contribution in [0.5, 0.6) is 5.88 Å². The Morgan fingerprint density at radius 3 is 2.81 bits per heavy atom. The molecule has 0 bridgehead atoms. The average molecular weight is 293 g/mol. The molecule has 118 valence electrons. The van der Waals surface area contributed by atoms with Crippen molar-refractivity contribution in [2.75, 3.05) is 31.7 Å². The lowest BCUT2D eigenvalue weighted by Gasteiger charge is -2.17. The summed E-state index contributed by atoms with van der Waals surface area (Å²) in [6, 6.07) is 0. The zero-order valence-corrected chi connectivity index (χ0v) is 13.6. The first-order valence-electron chi connectivity index (χ1n) is 7.94. The number of ether oxygens (including phenoxy) is 2. The van der Waals surface area contributed by atoms with Crippen LogP contribution in [0, 0.1) is 12.8 Å². The second-order valence-electron chi connectivity index (χ2n) is 5.98. The molecule has 1 saturated heterocycles. The molecule has 5 nitrogen and oxygen atoms in total. The van der Waals surface area contributed by atoms with E-state index in [0.717, 1.165) is 49.8 Å². The number of hydrogen-bond donors (Lipinski definition) is 1. The third-order valence-corrected chi connectivity index (χ3v) is 3.66. The standard InChI is InChI=1S/C16H27N3O2/c1-5-7-17-15-12(4)16(19-14(18-15)11(2)3)21-10-13-6-8-20-9-13/h11,13H,5-10H2,1-4H3,(H,17,18,19). The Morgan fingerprint density at radius 1 is 1.38 bits per heavy atom. The highest BCUT2D eigenvalue weighted by Gasteiger charge is 2.19. The Balaban J connectivity index is 2.14. The minimum absolute atomic E-state index is 0.282. The second kappa shape index (κ2) is 7.59. The monoisotopic (exact) mass is 293 g/mol. The number of aromatic nitrogens is 2. The van der Waals surface area contributed by atoms with Crippen molar-refractivity contribution in [3.63, 3.8) is 0 Å². The molecule has 1 fully saturated rings. The number of nitrogens with one attached hydrogen (secondary N) is 1. The molecule has 1 aromatic rings. The van der Waals surface area contributed by atoms with E-state index in [1.54, 1.807) is 0 Å². The Labute approximate surface area is 127 Å². The summed E-state index contributed by atoms with van der Waals surface area (Å²) in [7, 11) is 0. The highest BCUT2D eigenvalue weighted by Crippen LogP contribution is 2.26. The molecular formula is C16H27N3O2. The molecule has 21 heavy (non-hydrogen) atoms. The summed E-state index contributed by atoms with van der Waals surface area (Å²) in [5.74, 6) is 3.20. The van der Waals surface area contributed by atoms with Gasteiger partial charge in [0.15, 0.2) is 0 Å². The molecule has 5 heteroatoms. The van der Waals surface area contributed by atoms with Crippen molar-refractivity contribution in [2.24, 2.45) is 5.92 Å². The van der Waals surface area contributed by atoms with E-state index < -0.39 is 0 Å². The maximum atomic E-state index is 5.96. The van der Waals surface area contributed by atoms with Gasteiger partial charge in [-0.05, 0) is 19.8 Å². The van der Waals surface area contributed by atoms with Crippen LogP contribution in [0.15, 0.2) is 0 Å². The van der Waals surface area contributed by atoms with Crippen molar-refractivity contribution >= 4 is 5.82 Å². The van der Waals surface area contributed by atoms with E-state index in [1.807, 2.05) is 6.92 Å². The molecule has 1 atom stereocenters. The van der Waals surface area contributed by atoms with Crippen molar-refractivity contribution in [1.29, 1.82) is 0 Å². The molecule has 0 aliphatic carbocycles. The van der Waals surface area contributed by atoms with Gasteiger partial charge in [0.1, 0.15) is 11.6 Å². The van der Waals surface area contributed by atoms with Gasteiger partial charge < -0.3 is 14.8 Å². The predicted molar refractivity (Wildman–Crippen MR) is 84.1 cm³/mol. The smallest absolute Gasteiger partial charge is 0.221 e. The maximum absolute atomic E-state index is 5.96. The fourth-order valence-electron chi connectivity index (χ4n) is 2.24. The van der Waals surface area contributed by atoms with Gasteiger partial charge in [-0.3, -0.25) is 0 Å². The molecule has 1 aliphatic rings. The van der Waals surface area contributed by atoms with E-state index in [4.69, 9.17) is 9.47 Å². The molecule has 0 aromatic carbocycles. The molecule has 1 N–H and O–H groups in total. The van der Waals surface area contributed by atoms with Crippen LogP contribution in [0.2, 0.25) is 0 Å². The van der Waals surface area contributed by atoms with Crippen LogP contribution < -0.4 is 10.1 Å². The van der Waals surface area contributed by atoms with Gasteiger partial charge in [-0.1, -0.05) is 20.8 Å². The molecule has 2 heterocycles. The van der Waals surface area contributed by atoms with Gasteiger partial charge in [-0.2, -0.15) is 4.98 Å². The van der Waals surface area contributed by atoms with E-state index in [2.05, 4.69) is 36.1 Å². The lowest BCUT2D eigenvalue weighted by molar-refractivity contribution is 0.165. The van der Waals surface area contributed by atoms with Crippen LogP contribution in [0.25, 0.3) is 0 Å². The largest absolute Gasteiger partial charge is 0.477 e. The predicted octanol–water partition coefficient (Wildman–Crippen LogP) is 3.15. The summed E-state index contributed by atoms with van der Waals surface area (Å²) in [6.07, 6.45) is 2.14. The van der Waals surface area contributed by atoms with Crippen molar-refractivity contribution in [3.8, 4) is 5.88 Å². The third-order valence-electron chi connectivity index (χ3n) is 3.66. The Kier molecular flexibility index (Phi) is 5.79. The lowest BCUT2D eigenvalue weighted by Crippen LogP contribution is -2.15. The van der Waals surface area contributed by atoms with Gasteiger partial charge in [-0.25, -0.2) is 4.98 Å². The van der Waals surface area contributed by atoms with Gasteiger partial charge in [0.25, 0.3) is 0 Å². The Hall–Kier alpha value is -1.36. The van der Waals surface area contributed by atoms with Crippen molar-refractivity contribution < 1.29 is 9.47 Å². The first-order valence-corrected chi connectivity index (χ1v) is 7.94. The maximum Gasteiger partial charge on any atom is 0.221 e. The van der Waals surface area contributed by atoms with E-state index in [1.165, 1.54) is 0 Å². The Morgan fingerprint density at radius 2 is 2.19 bits per heavy atom. The van der Waals surface area contributed by atoms with Crippen LogP contribution in [0.1, 0.15) is 50.9 Å². The minimum atomic E-state index is 0.282. The van der Waals surface area contributed by atoms with Crippen LogP contribution in [-0.2, 0) is 4.74 Å². The zero-order valence-electron chi connectivity index (χ0n) is 13.6. The summed E-state index contributed by atoms with van der Waals surface area (Å²) in [5.41, 5.74) is 0.992. The highest BCUT2D eigenvalue weighted by molar-refractivity contribution is 5.48. The summed E-state index contributed by atoms with van der Waals surface area (Å²) in [4.78, 5) is 9.21. The van der Waals surface area contributed by atoms with Crippen LogP contribution >= 0.6 is 0 Å². The van der Waals surface area contributed by atoms with E-state index in [-0.39, 0.29) is 5.92 Å². The van der Waals surface area contributed by atoms with Crippen molar-refractivity contribution in [2.45, 2.75) is 46.5 Å².